The number of hydrogen-bond acceptors (Lipinski definition) is 10. The Morgan fingerprint density at radius 2 is 1.69 bits per heavy atom. The Hall–Kier alpha value is -4.66. The number of aromatic amines is 1. The van der Waals surface area contributed by atoms with Gasteiger partial charge in [0.2, 0.25) is 11.9 Å². The Kier molecular flexibility index (Phi) is 9.08. The second-order valence-corrected chi connectivity index (χ2v) is 7.69. The predicted molar refractivity (Wildman–Crippen MR) is 134 cm³/mol. The fraction of sp³-hybridized carbons (Fsp3) is 0.292. The summed E-state index contributed by atoms with van der Waals surface area (Å²) in [4.78, 5) is 37.7. The van der Waals surface area contributed by atoms with Crippen molar-refractivity contribution >= 4 is 39.7 Å². The molecular weight excluding hydrogens is 527 g/mol. The third-order valence-corrected chi connectivity index (χ3v) is 5.10. The molecule has 0 unspecified atom stereocenters. The second kappa shape index (κ2) is 12.3. The van der Waals surface area contributed by atoms with E-state index >= 15 is 0 Å². The summed E-state index contributed by atoms with van der Waals surface area (Å²) in [6, 6.07) is 8.77. The first kappa shape index (κ1) is 28.9. The molecular formula is C24H24F3N5O7. The maximum Gasteiger partial charge on any atom is 0.490 e. The minimum Gasteiger partial charge on any atom is -0.497 e. The van der Waals surface area contributed by atoms with Gasteiger partial charge in [0, 0.05) is 18.6 Å². The Morgan fingerprint density at radius 3 is 2.31 bits per heavy atom. The van der Waals surface area contributed by atoms with Crippen molar-refractivity contribution in [1.82, 2.24) is 19.9 Å². The number of H-pyrrole nitrogens is 1. The summed E-state index contributed by atoms with van der Waals surface area (Å²) in [5, 5.41) is 11.3. The molecule has 4 rings (SSSR count). The number of carboxylic acids is 1. The third-order valence-electron chi connectivity index (χ3n) is 5.10. The number of aliphatic carboxylic acids is 1. The van der Waals surface area contributed by atoms with Crippen molar-refractivity contribution in [2.45, 2.75) is 13.1 Å². The standard InChI is InChI=1S/C22H23N5O5.C2HF3O2/c1-12-15-10-13(30-3)11-17(32-9-8-29-2)19(15)25-21(23-12)27-22-24-18-14(20(28)26-22)6-5-7-16(18)31-4;3-2(4,5)1(6)7/h5-7,10-11H,8-9H2,1-4H3,(H2,23,24,25,26,27,28);(H,6,7). The number of benzene rings is 2. The van der Waals surface area contributed by atoms with Crippen LogP contribution in [0.1, 0.15) is 5.69 Å². The Labute approximate surface area is 218 Å². The molecule has 0 spiro atoms. The van der Waals surface area contributed by atoms with Gasteiger partial charge in [0.1, 0.15) is 34.9 Å². The maximum atomic E-state index is 12.5. The first-order valence-electron chi connectivity index (χ1n) is 11.1. The van der Waals surface area contributed by atoms with Crippen LogP contribution in [0.3, 0.4) is 0 Å². The number of aromatic nitrogens is 4. The quantitative estimate of drug-likeness (QED) is 0.275. The van der Waals surface area contributed by atoms with Gasteiger partial charge < -0.3 is 24.1 Å². The average molecular weight is 551 g/mol. The van der Waals surface area contributed by atoms with Gasteiger partial charge in [-0.2, -0.15) is 13.2 Å². The molecule has 2 heterocycles. The van der Waals surface area contributed by atoms with Crippen LogP contribution >= 0.6 is 0 Å². The number of anilines is 2. The van der Waals surface area contributed by atoms with Crippen LogP contribution in [-0.2, 0) is 9.53 Å². The van der Waals surface area contributed by atoms with Crippen LogP contribution in [0.25, 0.3) is 21.8 Å². The Bertz CT molecular complexity index is 1540. The number of methoxy groups -OCH3 is 3. The molecule has 0 aliphatic rings. The molecule has 2 aromatic heterocycles. The van der Waals surface area contributed by atoms with Gasteiger partial charge in [-0.05, 0) is 25.1 Å². The molecule has 0 aliphatic carbocycles. The van der Waals surface area contributed by atoms with Gasteiger partial charge in [-0.15, -0.1) is 0 Å². The van der Waals surface area contributed by atoms with E-state index < -0.39 is 12.1 Å². The largest absolute Gasteiger partial charge is 0.497 e. The number of aryl methyl sites for hydroxylation is 1. The molecule has 2 aromatic carbocycles. The van der Waals surface area contributed by atoms with Crippen molar-refractivity contribution < 1.29 is 42.0 Å². The number of fused-ring (bicyclic) bond motifs is 2. The lowest BCUT2D eigenvalue weighted by atomic mass is 10.1. The number of ether oxygens (including phenoxy) is 4. The molecule has 0 amide bonds. The molecule has 12 nitrogen and oxygen atoms in total. The molecule has 3 N–H and O–H groups in total. The van der Waals surface area contributed by atoms with Crippen LogP contribution in [0.2, 0.25) is 0 Å². The number of halogens is 3. The first-order chi connectivity index (χ1) is 18.5. The van der Waals surface area contributed by atoms with E-state index in [0.29, 0.717) is 52.6 Å². The highest BCUT2D eigenvalue weighted by Gasteiger charge is 2.38. The first-order valence-corrected chi connectivity index (χ1v) is 11.1. The molecule has 0 radical (unpaired) electrons. The molecule has 39 heavy (non-hydrogen) atoms. The summed E-state index contributed by atoms with van der Waals surface area (Å²) >= 11 is 0. The number of rotatable bonds is 8. The van der Waals surface area contributed by atoms with E-state index in [1.165, 1.54) is 7.11 Å². The number of hydrogen-bond donors (Lipinski definition) is 3. The monoisotopic (exact) mass is 551 g/mol. The van der Waals surface area contributed by atoms with Crippen molar-refractivity contribution in [2.24, 2.45) is 0 Å². The highest BCUT2D eigenvalue weighted by molar-refractivity contribution is 5.89. The van der Waals surface area contributed by atoms with E-state index in [0.717, 1.165) is 5.39 Å². The highest BCUT2D eigenvalue weighted by Crippen LogP contribution is 2.32. The molecule has 0 atom stereocenters. The molecule has 0 fully saturated rings. The molecule has 0 bridgehead atoms. The van der Waals surface area contributed by atoms with Crippen LogP contribution in [-0.4, -0.2) is 71.7 Å². The molecule has 0 saturated carbocycles. The highest BCUT2D eigenvalue weighted by atomic mass is 19.4. The zero-order valence-corrected chi connectivity index (χ0v) is 21.2. The minimum atomic E-state index is -5.08. The second-order valence-electron chi connectivity index (χ2n) is 7.69. The fourth-order valence-electron chi connectivity index (χ4n) is 3.31. The van der Waals surface area contributed by atoms with Crippen LogP contribution in [0.4, 0.5) is 25.1 Å². The number of para-hydroxylation sites is 1. The molecule has 0 aliphatic heterocycles. The number of nitrogens with zero attached hydrogens (tertiary/aromatic N) is 3. The lowest BCUT2D eigenvalue weighted by Gasteiger charge is -2.13. The van der Waals surface area contributed by atoms with Crippen LogP contribution in [0.15, 0.2) is 35.1 Å². The Morgan fingerprint density at radius 1 is 1.00 bits per heavy atom. The van der Waals surface area contributed by atoms with Crippen LogP contribution in [0, 0.1) is 6.92 Å². The summed E-state index contributed by atoms with van der Waals surface area (Å²) < 4.78 is 53.4. The molecule has 4 aromatic rings. The summed E-state index contributed by atoms with van der Waals surface area (Å²) in [6.07, 6.45) is -5.08. The predicted octanol–water partition coefficient (Wildman–Crippen LogP) is 3.59. The van der Waals surface area contributed by atoms with Gasteiger partial charge in [-0.3, -0.25) is 15.1 Å². The lowest BCUT2D eigenvalue weighted by Crippen LogP contribution is -2.21. The van der Waals surface area contributed by atoms with E-state index in [1.54, 1.807) is 38.5 Å². The number of alkyl halides is 3. The Balaban J connectivity index is 0.000000532. The number of carboxylic acid groups (broad SMARTS) is 1. The normalized spacial score (nSPS) is 11.1. The zero-order valence-electron chi connectivity index (χ0n) is 21.2. The third kappa shape index (κ3) is 7.01. The van der Waals surface area contributed by atoms with E-state index in [1.807, 2.05) is 13.0 Å². The van der Waals surface area contributed by atoms with Crippen LogP contribution in [0.5, 0.6) is 17.2 Å². The fourth-order valence-corrected chi connectivity index (χ4v) is 3.31. The molecule has 15 heteroatoms. The van der Waals surface area contributed by atoms with Gasteiger partial charge in [0.05, 0.1) is 31.9 Å². The van der Waals surface area contributed by atoms with Crippen molar-refractivity contribution in [1.29, 1.82) is 0 Å². The number of carbonyl (C=O) groups is 1. The number of nitrogens with one attached hydrogen (secondary N) is 2. The smallest absolute Gasteiger partial charge is 0.490 e. The van der Waals surface area contributed by atoms with Crippen molar-refractivity contribution in [3.8, 4) is 17.2 Å². The SMILES string of the molecule is COCCOc1cc(OC)cc2c(C)nc(Nc3nc4c(OC)cccc4c(=O)[nH]3)nc12.O=C(O)C(F)(F)F. The van der Waals surface area contributed by atoms with Gasteiger partial charge in [0.15, 0.2) is 0 Å². The maximum absolute atomic E-state index is 12.5. The lowest BCUT2D eigenvalue weighted by molar-refractivity contribution is -0.192. The minimum absolute atomic E-state index is 0.195. The summed E-state index contributed by atoms with van der Waals surface area (Å²) in [7, 11) is 4.72. The van der Waals surface area contributed by atoms with Gasteiger partial charge >= 0.3 is 12.1 Å². The van der Waals surface area contributed by atoms with Crippen molar-refractivity contribution in [2.75, 3.05) is 39.9 Å². The summed E-state index contributed by atoms with van der Waals surface area (Å²) in [6.45, 7) is 2.63. The summed E-state index contributed by atoms with van der Waals surface area (Å²) in [5.41, 5.74) is 1.43. The summed E-state index contributed by atoms with van der Waals surface area (Å²) in [5.74, 6) is -0.646. The van der Waals surface area contributed by atoms with E-state index in [-0.39, 0.29) is 17.5 Å². The topological polar surface area (TPSA) is 158 Å². The van der Waals surface area contributed by atoms with Gasteiger partial charge in [0.25, 0.3) is 5.56 Å². The van der Waals surface area contributed by atoms with E-state index in [9.17, 15) is 18.0 Å². The van der Waals surface area contributed by atoms with Crippen LogP contribution < -0.4 is 25.1 Å². The van der Waals surface area contributed by atoms with Crippen molar-refractivity contribution in [3.05, 3.63) is 46.4 Å². The van der Waals surface area contributed by atoms with Crippen molar-refractivity contribution in [3.63, 3.8) is 0 Å². The van der Waals surface area contributed by atoms with Gasteiger partial charge in [-0.25, -0.2) is 19.7 Å². The zero-order chi connectivity index (χ0) is 28.7. The van der Waals surface area contributed by atoms with Gasteiger partial charge in [-0.1, -0.05) is 6.07 Å². The molecule has 0 saturated heterocycles. The average Bonchev–Trinajstić information content (AvgIpc) is 2.88. The van der Waals surface area contributed by atoms with E-state index in [2.05, 4.69) is 25.3 Å². The molecule has 208 valence electrons. The van der Waals surface area contributed by atoms with E-state index in [4.69, 9.17) is 28.8 Å².